The van der Waals surface area contributed by atoms with Gasteiger partial charge in [-0.05, 0) is 39.8 Å². The van der Waals surface area contributed by atoms with Crippen LogP contribution in [-0.4, -0.2) is 51.8 Å². The van der Waals surface area contributed by atoms with Crippen LogP contribution in [0.15, 0.2) is 6.33 Å². The number of nitrogens with one attached hydrogen (secondary N) is 1. The Bertz CT molecular complexity index is 824. The van der Waals surface area contributed by atoms with Crippen LogP contribution in [0.5, 0.6) is 0 Å². The molecule has 2 aromatic heterocycles. The minimum Gasteiger partial charge on any atom is -0.369 e. The maximum Gasteiger partial charge on any atom is 0.173 e. The molecule has 8 nitrogen and oxygen atoms in total. The van der Waals surface area contributed by atoms with E-state index < -0.39 is 11.4 Å². The summed E-state index contributed by atoms with van der Waals surface area (Å²) < 4.78 is 0. The lowest BCUT2D eigenvalue weighted by atomic mass is 9.90. The largest absolute Gasteiger partial charge is 0.369 e. The summed E-state index contributed by atoms with van der Waals surface area (Å²) in [6.45, 7) is 0. The zero-order chi connectivity index (χ0) is 18.7. The number of thiophene rings is 1. The predicted octanol–water partition coefficient (Wildman–Crippen LogP) is 0.250. The van der Waals surface area contributed by atoms with Gasteiger partial charge in [0.1, 0.15) is 22.6 Å². The number of nitrogens with zero attached hydrogens (tertiary/aromatic N) is 3. The van der Waals surface area contributed by atoms with Gasteiger partial charge in [0.05, 0.1) is 5.39 Å². The number of rotatable bonds is 3. The molecule has 1 saturated carbocycles. The quantitative estimate of drug-likeness (QED) is 0.480. The van der Waals surface area contributed by atoms with Crippen LogP contribution in [0.1, 0.15) is 36.1 Å². The molecule has 0 bridgehead atoms. The summed E-state index contributed by atoms with van der Waals surface area (Å²) in [5.41, 5.74) is 15.7. The van der Waals surface area contributed by atoms with Crippen LogP contribution >= 0.6 is 11.3 Å². The second-order valence-electron chi connectivity index (χ2n) is 7.90. The first-order valence-electron chi connectivity index (χ1n) is 8.99. The SMILES string of the molecule is CN(C)C1CCC(Nc2ncnc3sc4c(c23)C(N)(O)C(N)(N)C4)CC1. The molecule has 0 spiro atoms. The van der Waals surface area contributed by atoms with Gasteiger partial charge in [0, 0.05) is 28.9 Å². The number of nitrogens with two attached hydrogens (primary N) is 3. The molecule has 1 unspecified atom stereocenters. The molecular formula is C17H27N7OS. The summed E-state index contributed by atoms with van der Waals surface area (Å²) in [6.07, 6.45) is 6.32. The molecule has 0 saturated heterocycles. The Morgan fingerprint density at radius 3 is 2.54 bits per heavy atom. The summed E-state index contributed by atoms with van der Waals surface area (Å²) in [7, 11) is 4.27. The molecule has 1 fully saturated rings. The molecule has 9 heteroatoms. The smallest absolute Gasteiger partial charge is 0.173 e. The van der Waals surface area contributed by atoms with E-state index in [1.165, 1.54) is 11.3 Å². The van der Waals surface area contributed by atoms with Crippen molar-refractivity contribution in [1.29, 1.82) is 0 Å². The van der Waals surface area contributed by atoms with Crippen LogP contribution in [0.4, 0.5) is 5.82 Å². The van der Waals surface area contributed by atoms with Crippen molar-refractivity contribution < 1.29 is 5.11 Å². The average molecular weight is 378 g/mol. The standard InChI is InChI=1S/C17H27N7OS/c1-24(2)10-5-3-9(4-6-10)23-14-12-13-11(26-15(12)22-8-21-14)7-16(18,19)17(13,20)25/h8-10,25H,3-7,18-20H2,1-2H3,(H,21,22,23). The van der Waals surface area contributed by atoms with Crippen LogP contribution in [0.2, 0.25) is 0 Å². The van der Waals surface area contributed by atoms with E-state index in [1.807, 2.05) is 0 Å². The average Bonchev–Trinajstić information content (AvgIpc) is 3.01. The Labute approximate surface area is 156 Å². The molecule has 0 aliphatic heterocycles. The van der Waals surface area contributed by atoms with Gasteiger partial charge in [-0.1, -0.05) is 0 Å². The van der Waals surface area contributed by atoms with Gasteiger partial charge in [-0.25, -0.2) is 9.97 Å². The second kappa shape index (κ2) is 6.08. The fraction of sp³-hybridized carbons (Fsp3) is 0.647. The number of aromatic nitrogens is 2. The number of fused-ring (bicyclic) bond motifs is 3. The molecule has 4 rings (SSSR count). The molecule has 0 aromatic carbocycles. The van der Waals surface area contributed by atoms with E-state index in [-0.39, 0.29) is 0 Å². The topological polar surface area (TPSA) is 139 Å². The van der Waals surface area contributed by atoms with E-state index in [1.54, 1.807) is 6.33 Å². The maximum absolute atomic E-state index is 10.8. The Kier molecular flexibility index (Phi) is 4.22. The van der Waals surface area contributed by atoms with E-state index in [4.69, 9.17) is 17.2 Å². The number of aliphatic hydroxyl groups is 1. The highest BCUT2D eigenvalue weighted by Gasteiger charge is 2.53. The highest BCUT2D eigenvalue weighted by Crippen LogP contribution is 2.47. The lowest BCUT2D eigenvalue weighted by Crippen LogP contribution is -2.67. The van der Waals surface area contributed by atoms with Gasteiger partial charge in [-0.3, -0.25) is 5.73 Å². The molecule has 2 aliphatic carbocycles. The van der Waals surface area contributed by atoms with Crippen molar-refractivity contribution in [3.63, 3.8) is 0 Å². The zero-order valence-corrected chi connectivity index (χ0v) is 16.0. The third-order valence-electron chi connectivity index (χ3n) is 5.87. The lowest BCUT2D eigenvalue weighted by Gasteiger charge is -2.34. The first-order chi connectivity index (χ1) is 12.2. The van der Waals surface area contributed by atoms with E-state index in [0.29, 0.717) is 29.9 Å². The summed E-state index contributed by atoms with van der Waals surface area (Å²) in [4.78, 5) is 12.8. The van der Waals surface area contributed by atoms with E-state index >= 15 is 0 Å². The molecule has 1 atom stereocenters. The van der Waals surface area contributed by atoms with Gasteiger partial charge in [0.15, 0.2) is 5.72 Å². The van der Waals surface area contributed by atoms with Crippen molar-refractivity contribution in [2.24, 2.45) is 17.2 Å². The third kappa shape index (κ3) is 2.70. The van der Waals surface area contributed by atoms with Crippen molar-refractivity contribution in [2.75, 3.05) is 19.4 Å². The molecule has 0 radical (unpaired) electrons. The fourth-order valence-corrected chi connectivity index (χ4v) is 5.48. The van der Waals surface area contributed by atoms with Crippen molar-refractivity contribution >= 4 is 27.4 Å². The number of hydrogen-bond acceptors (Lipinski definition) is 9. The normalized spacial score (nSPS) is 30.7. The van der Waals surface area contributed by atoms with Crippen molar-refractivity contribution in [2.45, 2.75) is 55.6 Å². The Morgan fingerprint density at radius 1 is 1.19 bits per heavy atom. The molecule has 8 N–H and O–H groups in total. The van der Waals surface area contributed by atoms with Gasteiger partial charge in [0.25, 0.3) is 0 Å². The summed E-state index contributed by atoms with van der Waals surface area (Å²) in [6, 6.07) is 0.973. The third-order valence-corrected chi connectivity index (χ3v) is 6.97. The van der Waals surface area contributed by atoms with Crippen molar-refractivity contribution in [1.82, 2.24) is 14.9 Å². The molecule has 2 heterocycles. The molecule has 26 heavy (non-hydrogen) atoms. The van der Waals surface area contributed by atoms with Gasteiger partial charge < -0.3 is 26.8 Å². The summed E-state index contributed by atoms with van der Waals surface area (Å²) >= 11 is 1.47. The highest BCUT2D eigenvalue weighted by atomic mass is 32.1. The van der Waals surface area contributed by atoms with Crippen molar-refractivity contribution in [3.05, 3.63) is 16.8 Å². The van der Waals surface area contributed by atoms with Gasteiger partial charge in [0.2, 0.25) is 0 Å². The van der Waals surface area contributed by atoms with Gasteiger partial charge in [-0.15, -0.1) is 11.3 Å². The first-order valence-corrected chi connectivity index (χ1v) is 9.81. The molecule has 0 amide bonds. The summed E-state index contributed by atoms with van der Waals surface area (Å²) in [5.74, 6) is 0.711. The zero-order valence-electron chi connectivity index (χ0n) is 15.2. The molecule has 2 aliphatic rings. The lowest BCUT2D eigenvalue weighted by molar-refractivity contribution is -0.0198. The van der Waals surface area contributed by atoms with Crippen molar-refractivity contribution in [3.8, 4) is 0 Å². The van der Waals surface area contributed by atoms with Crippen LogP contribution in [0, 0.1) is 0 Å². The van der Waals surface area contributed by atoms with Crippen LogP contribution in [0.25, 0.3) is 10.2 Å². The molecule has 142 valence electrons. The Morgan fingerprint density at radius 2 is 1.88 bits per heavy atom. The highest BCUT2D eigenvalue weighted by molar-refractivity contribution is 7.19. The first kappa shape index (κ1) is 18.0. The Hall–Kier alpha value is -1.36. The van der Waals surface area contributed by atoms with Gasteiger partial charge >= 0.3 is 0 Å². The van der Waals surface area contributed by atoms with Crippen LogP contribution < -0.4 is 22.5 Å². The van der Waals surface area contributed by atoms with Crippen LogP contribution in [0.3, 0.4) is 0 Å². The van der Waals surface area contributed by atoms with E-state index in [0.717, 1.165) is 40.8 Å². The number of hydrogen-bond donors (Lipinski definition) is 5. The molecular weight excluding hydrogens is 350 g/mol. The monoisotopic (exact) mass is 377 g/mol. The summed E-state index contributed by atoms with van der Waals surface area (Å²) in [5, 5.41) is 15.1. The predicted molar refractivity (Wildman–Crippen MR) is 104 cm³/mol. The van der Waals surface area contributed by atoms with Gasteiger partial charge in [-0.2, -0.15) is 0 Å². The molecule has 2 aromatic rings. The Balaban J connectivity index is 1.66. The van der Waals surface area contributed by atoms with E-state index in [2.05, 4.69) is 34.3 Å². The maximum atomic E-state index is 10.8. The minimum absolute atomic E-state index is 0.323. The van der Waals surface area contributed by atoms with E-state index in [9.17, 15) is 5.11 Å². The second-order valence-corrected chi connectivity index (χ2v) is 8.98. The van der Waals surface area contributed by atoms with Crippen LogP contribution in [-0.2, 0) is 12.1 Å². The minimum atomic E-state index is -1.80. The fourth-order valence-electron chi connectivity index (χ4n) is 4.18. The number of anilines is 1.